The first kappa shape index (κ1) is 19.5. The van der Waals surface area contributed by atoms with E-state index in [1.165, 1.54) is 7.05 Å². The van der Waals surface area contributed by atoms with E-state index in [4.69, 9.17) is 0 Å². The van der Waals surface area contributed by atoms with Crippen LogP contribution in [0.25, 0.3) is 0 Å². The van der Waals surface area contributed by atoms with Crippen molar-refractivity contribution in [3.63, 3.8) is 0 Å². The predicted molar refractivity (Wildman–Crippen MR) is 79.1 cm³/mol. The van der Waals surface area contributed by atoms with E-state index in [0.29, 0.717) is 12.4 Å². The molecule has 0 aliphatic heterocycles. The van der Waals surface area contributed by atoms with Gasteiger partial charge in [0.1, 0.15) is 5.82 Å². The average Bonchev–Trinajstić information content (AvgIpc) is 2.58. The smallest absolute Gasteiger partial charge is 0.332 e. The summed E-state index contributed by atoms with van der Waals surface area (Å²) in [5, 5.41) is 2.38. The molecule has 0 fully saturated rings. The maximum absolute atomic E-state index is 12.5. The third kappa shape index (κ3) is 4.83. The molecule has 2 aromatic heterocycles. The van der Waals surface area contributed by atoms with Crippen LogP contribution in [0.3, 0.4) is 0 Å². The van der Waals surface area contributed by atoms with Gasteiger partial charge in [0.05, 0.1) is 23.4 Å². The fraction of sp³-hybridized carbons (Fsp3) is 0.267. The van der Waals surface area contributed by atoms with E-state index in [-0.39, 0.29) is 18.1 Å². The quantitative estimate of drug-likeness (QED) is 0.826. The maximum atomic E-state index is 12.5. The van der Waals surface area contributed by atoms with Crippen LogP contribution in [-0.2, 0) is 18.9 Å². The number of anilines is 1. The Morgan fingerprint density at radius 2 is 1.50 bits per heavy atom. The van der Waals surface area contributed by atoms with E-state index in [9.17, 15) is 31.1 Å². The summed E-state index contributed by atoms with van der Waals surface area (Å²) in [4.78, 5) is 20.1. The minimum Gasteiger partial charge on any atom is -0.332 e. The van der Waals surface area contributed by atoms with Crippen LogP contribution < -0.4 is 10.2 Å². The molecule has 2 amide bonds. The highest BCUT2D eigenvalue weighted by Crippen LogP contribution is 2.29. The Morgan fingerprint density at radius 1 is 0.962 bits per heavy atom. The van der Waals surface area contributed by atoms with Gasteiger partial charge in [0.15, 0.2) is 0 Å². The first-order chi connectivity index (χ1) is 12.0. The third-order valence-electron chi connectivity index (χ3n) is 3.30. The number of carbonyl (C=O) groups excluding carboxylic acids is 1. The number of hydrogen-bond donors (Lipinski definition) is 1. The van der Waals surface area contributed by atoms with Crippen LogP contribution in [0.15, 0.2) is 36.7 Å². The largest absolute Gasteiger partial charge is 0.417 e. The Bertz CT molecular complexity index is 756. The average molecular weight is 378 g/mol. The van der Waals surface area contributed by atoms with E-state index in [1.54, 1.807) is 0 Å². The number of nitrogens with zero attached hydrogens (tertiary/aromatic N) is 3. The molecule has 0 aliphatic rings. The van der Waals surface area contributed by atoms with Gasteiger partial charge >= 0.3 is 18.4 Å². The van der Waals surface area contributed by atoms with Crippen molar-refractivity contribution in [1.29, 1.82) is 0 Å². The molecule has 2 rings (SSSR count). The van der Waals surface area contributed by atoms with Gasteiger partial charge in [-0.15, -0.1) is 0 Å². The molecular weight excluding hydrogens is 366 g/mol. The second-order valence-corrected chi connectivity index (χ2v) is 5.16. The summed E-state index contributed by atoms with van der Waals surface area (Å²) in [6.07, 6.45) is -7.82. The fourth-order valence-electron chi connectivity index (χ4n) is 1.84. The minimum absolute atomic E-state index is 0.0316. The zero-order valence-electron chi connectivity index (χ0n) is 13.2. The number of carbonyl (C=O) groups is 1. The summed E-state index contributed by atoms with van der Waals surface area (Å²) in [5.74, 6) is -0.0316. The molecule has 0 atom stereocenters. The number of urea groups is 1. The van der Waals surface area contributed by atoms with Crippen LogP contribution in [0.1, 0.15) is 16.8 Å². The number of hydrogen-bond acceptors (Lipinski definition) is 3. The van der Waals surface area contributed by atoms with Gasteiger partial charge in [0.25, 0.3) is 0 Å². The molecule has 2 aromatic rings. The van der Waals surface area contributed by atoms with Crippen LogP contribution in [0, 0.1) is 0 Å². The van der Waals surface area contributed by atoms with Crippen molar-refractivity contribution in [2.75, 3.05) is 11.9 Å². The molecule has 0 radical (unpaired) electrons. The molecule has 0 spiro atoms. The van der Waals surface area contributed by atoms with Gasteiger partial charge in [0.2, 0.25) is 0 Å². The number of alkyl halides is 6. The monoisotopic (exact) mass is 378 g/mol. The van der Waals surface area contributed by atoms with Crippen molar-refractivity contribution in [2.24, 2.45) is 0 Å². The highest BCUT2D eigenvalue weighted by atomic mass is 19.4. The van der Waals surface area contributed by atoms with Crippen LogP contribution >= 0.6 is 0 Å². The maximum Gasteiger partial charge on any atom is 0.417 e. The number of aromatic nitrogens is 2. The summed E-state index contributed by atoms with van der Waals surface area (Å²) < 4.78 is 74.7. The first-order valence-electron chi connectivity index (χ1n) is 7.05. The summed E-state index contributed by atoms with van der Waals surface area (Å²) in [6.45, 7) is -0.165. The Morgan fingerprint density at radius 3 is 1.92 bits per heavy atom. The summed E-state index contributed by atoms with van der Waals surface area (Å²) in [6, 6.07) is 3.04. The van der Waals surface area contributed by atoms with Crippen molar-refractivity contribution in [3.8, 4) is 0 Å². The normalized spacial score (nSPS) is 12.0. The van der Waals surface area contributed by atoms with Gasteiger partial charge in [-0.3, -0.25) is 9.88 Å². The molecule has 5 nitrogen and oxygen atoms in total. The second kappa shape index (κ2) is 7.18. The van der Waals surface area contributed by atoms with Crippen molar-refractivity contribution in [2.45, 2.75) is 18.9 Å². The Kier molecular flexibility index (Phi) is 5.38. The van der Waals surface area contributed by atoms with E-state index in [0.717, 1.165) is 29.2 Å². The van der Waals surface area contributed by atoms with Gasteiger partial charge in [0, 0.05) is 19.4 Å². The molecule has 26 heavy (non-hydrogen) atoms. The van der Waals surface area contributed by atoms with E-state index >= 15 is 0 Å². The molecule has 0 saturated heterocycles. The number of amides is 2. The number of halogens is 6. The van der Waals surface area contributed by atoms with Gasteiger partial charge in [-0.05, 0) is 24.3 Å². The number of rotatable bonds is 3. The molecule has 0 aliphatic carbocycles. The zero-order valence-corrected chi connectivity index (χ0v) is 13.2. The highest BCUT2D eigenvalue weighted by molar-refractivity contribution is 5.90. The zero-order chi connectivity index (χ0) is 19.5. The topological polar surface area (TPSA) is 58.1 Å². The van der Waals surface area contributed by atoms with E-state index in [1.807, 2.05) is 0 Å². The van der Waals surface area contributed by atoms with Gasteiger partial charge in [-0.1, -0.05) is 0 Å². The predicted octanol–water partition coefficient (Wildman–Crippen LogP) is 3.86. The minimum atomic E-state index is -4.54. The van der Waals surface area contributed by atoms with Gasteiger partial charge in [-0.2, -0.15) is 26.3 Å². The molecular formula is C15H12F6N4O. The second-order valence-electron chi connectivity index (χ2n) is 5.16. The van der Waals surface area contributed by atoms with Crippen LogP contribution in [0.2, 0.25) is 0 Å². The molecule has 0 unspecified atom stereocenters. The third-order valence-corrected chi connectivity index (χ3v) is 3.30. The Hall–Kier alpha value is -2.85. The van der Waals surface area contributed by atoms with Crippen molar-refractivity contribution in [3.05, 3.63) is 53.5 Å². The Balaban J connectivity index is 1.97. The lowest BCUT2D eigenvalue weighted by Crippen LogP contribution is -2.37. The number of nitrogens with one attached hydrogen (secondary N) is 1. The van der Waals surface area contributed by atoms with Crippen molar-refractivity contribution < 1.29 is 31.1 Å². The summed E-state index contributed by atoms with van der Waals surface area (Å²) in [7, 11) is 1.28. The van der Waals surface area contributed by atoms with Crippen molar-refractivity contribution >= 4 is 11.8 Å². The standard InChI is InChI=1S/C15H12F6N4O/c1-25(12-5-3-10(7-23-12)15(19,20)21)13(26)24-8-11-4-2-9(6-22-11)14(16,17)18/h2-7H,8H2,1H3,(H,24,26). The summed E-state index contributed by atoms with van der Waals surface area (Å²) in [5.41, 5.74) is -1.69. The van der Waals surface area contributed by atoms with E-state index in [2.05, 4.69) is 15.3 Å². The SMILES string of the molecule is CN(C(=O)NCc1ccc(C(F)(F)F)cn1)c1ccc(C(F)(F)F)cn1. The van der Waals surface area contributed by atoms with Crippen LogP contribution in [0.5, 0.6) is 0 Å². The molecule has 0 aromatic carbocycles. The fourth-order valence-corrected chi connectivity index (χ4v) is 1.84. The van der Waals surface area contributed by atoms with Crippen LogP contribution in [-0.4, -0.2) is 23.0 Å². The highest BCUT2D eigenvalue weighted by Gasteiger charge is 2.31. The van der Waals surface area contributed by atoms with Gasteiger partial charge < -0.3 is 5.32 Å². The Labute approximate surface area is 143 Å². The molecule has 2 heterocycles. The first-order valence-corrected chi connectivity index (χ1v) is 7.05. The van der Waals surface area contributed by atoms with Crippen LogP contribution in [0.4, 0.5) is 37.0 Å². The van der Waals surface area contributed by atoms with E-state index < -0.39 is 29.5 Å². The lowest BCUT2D eigenvalue weighted by Gasteiger charge is -2.17. The van der Waals surface area contributed by atoms with Crippen molar-refractivity contribution in [1.82, 2.24) is 15.3 Å². The van der Waals surface area contributed by atoms with Gasteiger partial charge in [-0.25, -0.2) is 9.78 Å². The molecule has 140 valence electrons. The molecule has 11 heteroatoms. The lowest BCUT2D eigenvalue weighted by molar-refractivity contribution is -0.138. The molecule has 1 N–H and O–H groups in total. The lowest BCUT2D eigenvalue weighted by atomic mass is 10.2. The summed E-state index contributed by atoms with van der Waals surface area (Å²) >= 11 is 0. The molecule has 0 saturated carbocycles. The molecule has 0 bridgehead atoms. The number of pyridine rings is 2.